The molecule has 21 N–H and O–H groups in total. The summed E-state index contributed by atoms with van der Waals surface area (Å²) in [6, 6.07) is -0.835. The van der Waals surface area contributed by atoms with E-state index in [0.717, 1.165) is 7.11 Å². The van der Waals surface area contributed by atoms with Crippen LogP contribution in [0.15, 0.2) is 0 Å². The lowest BCUT2D eigenvalue weighted by molar-refractivity contribution is -0.350. The summed E-state index contributed by atoms with van der Waals surface area (Å²) in [6.07, 6.45) is -34.7. The SMILES string of the molecule is CC(=O)NC1[C@H](C)OC(CO)[C@H](O)[C@@H]1O[C@@H]1OC(CO)[C@H](O)[C@H](O)C1O.CO[C@H]1C(CO)O[C@@H](O[C@@H]2C(CO)OC(C)C(O)[C@H]2O)C(O)[C@H]1C.CO[C@]1(C(=O)O)CC(O)[C@@H](C)[C@H]([C@H](O)[C@@H](CO)O[C@]2(C(=O)O)CC(O)[C@@H](C)[C@H]([C@H](O)[C@H](O)CO)O2)O1. The predicted molar refractivity (Wildman–Crippen MR) is 278 cm³/mol. The van der Waals surface area contributed by atoms with Crippen LogP contribution in [0.4, 0.5) is 0 Å². The number of amides is 1. The first-order valence-electron chi connectivity index (χ1n) is 27.9. The zero-order valence-corrected chi connectivity index (χ0v) is 48.6. The van der Waals surface area contributed by atoms with Crippen LogP contribution in [0.25, 0.3) is 0 Å². The molecule has 0 aromatic rings. The number of ether oxygens (including phenoxy) is 11. The number of carboxylic acids is 2. The van der Waals surface area contributed by atoms with Gasteiger partial charge in [0, 0.05) is 51.7 Å². The number of nitrogens with one attached hydrogen (secondary N) is 1. The van der Waals surface area contributed by atoms with Gasteiger partial charge in [-0.1, -0.05) is 20.8 Å². The van der Waals surface area contributed by atoms with Crippen LogP contribution in [-0.2, 0) is 66.5 Å². The Balaban J connectivity index is 0.000000284. The van der Waals surface area contributed by atoms with Crippen LogP contribution >= 0.6 is 0 Å². The number of aliphatic hydroxyl groups is 18. The van der Waals surface area contributed by atoms with Gasteiger partial charge in [-0.05, 0) is 13.8 Å². The third-order valence-electron chi connectivity index (χ3n) is 16.5. The van der Waals surface area contributed by atoms with Crippen LogP contribution in [0.5, 0.6) is 0 Å². The van der Waals surface area contributed by atoms with Crippen LogP contribution in [0.3, 0.4) is 0 Å². The molecular formula is C51H91NO34. The maximum atomic E-state index is 12.3. The summed E-state index contributed by atoms with van der Waals surface area (Å²) < 4.78 is 59.6. The Morgan fingerprint density at radius 1 is 0.523 bits per heavy atom. The minimum atomic E-state index is -2.75. The summed E-state index contributed by atoms with van der Waals surface area (Å²) in [7, 11) is 2.48. The van der Waals surface area contributed by atoms with Gasteiger partial charge in [0.2, 0.25) is 5.91 Å². The number of hydrogen-bond acceptors (Lipinski definition) is 32. The smallest absolute Gasteiger partial charge is 0.364 e. The summed E-state index contributed by atoms with van der Waals surface area (Å²) in [4.78, 5) is 35.5. The fourth-order valence-corrected chi connectivity index (χ4v) is 11.0. The van der Waals surface area contributed by atoms with Gasteiger partial charge in [-0.15, -0.1) is 0 Å². The summed E-state index contributed by atoms with van der Waals surface area (Å²) in [5, 5.41) is 201. The van der Waals surface area contributed by atoms with E-state index in [4.69, 9.17) is 57.2 Å². The molecular weight excluding hydrogens is 1170 g/mol. The van der Waals surface area contributed by atoms with Crippen molar-refractivity contribution in [3.05, 3.63) is 0 Å². The molecule has 35 nitrogen and oxygen atoms in total. The number of methoxy groups -OCH3 is 2. The van der Waals surface area contributed by atoms with E-state index < -0.39 is 258 Å². The van der Waals surface area contributed by atoms with E-state index in [2.05, 4.69) is 5.32 Å². The molecule has 0 aromatic carbocycles. The van der Waals surface area contributed by atoms with Gasteiger partial charge in [0.15, 0.2) is 12.6 Å². The second-order valence-electron chi connectivity index (χ2n) is 22.3. The predicted octanol–water partition coefficient (Wildman–Crippen LogP) is -10.4. The molecule has 11 unspecified atom stereocenters. The van der Waals surface area contributed by atoms with E-state index in [9.17, 15) is 111 Å². The van der Waals surface area contributed by atoms with E-state index in [0.29, 0.717) is 0 Å². The number of carbonyl (C=O) groups is 3. The monoisotopic (exact) mass is 1260 g/mol. The molecule has 0 aliphatic carbocycles. The molecule has 6 rings (SSSR count). The van der Waals surface area contributed by atoms with Crippen LogP contribution in [0.1, 0.15) is 54.4 Å². The highest BCUT2D eigenvalue weighted by molar-refractivity contribution is 5.76. The molecule has 6 heterocycles. The van der Waals surface area contributed by atoms with E-state index in [1.54, 1.807) is 20.8 Å². The van der Waals surface area contributed by atoms with Gasteiger partial charge < -0.3 is 160 Å². The highest BCUT2D eigenvalue weighted by Gasteiger charge is 2.59. The van der Waals surface area contributed by atoms with Crippen molar-refractivity contribution < 1.29 is 169 Å². The molecule has 32 atom stereocenters. The van der Waals surface area contributed by atoms with Crippen LogP contribution in [0.2, 0.25) is 0 Å². The highest BCUT2D eigenvalue weighted by atomic mass is 16.8. The number of rotatable bonds is 21. The molecule has 35 heteroatoms. The molecule has 6 aliphatic heterocycles. The van der Waals surface area contributed by atoms with Gasteiger partial charge in [-0.2, -0.15) is 0 Å². The largest absolute Gasteiger partial charge is 0.477 e. The van der Waals surface area contributed by atoms with Gasteiger partial charge in [0.05, 0.1) is 88.4 Å². The molecule has 6 fully saturated rings. The first-order valence-corrected chi connectivity index (χ1v) is 27.9. The zero-order chi connectivity index (χ0) is 65.2. The molecule has 0 saturated carbocycles. The normalized spacial score (nSPS) is 45.1. The van der Waals surface area contributed by atoms with Crippen LogP contribution in [-0.4, -0.2) is 351 Å². The van der Waals surface area contributed by atoms with Crippen LogP contribution < -0.4 is 5.32 Å². The Morgan fingerprint density at radius 2 is 0.988 bits per heavy atom. The fourth-order valence-electron chi connectivity index (χ4n) is 11.0. The standard InChI is InChI=1S/C21H36O15.C15H27NO10.C15H28O9/c1-8-11(25)5-21(19(31)32,36-16(8)14(27)12(26)6-22)34-13(7-23)15(28)17-9(2)10(24)4-20(33-3,35-17)18(29)30;1-5-9(16-6(2)19)14(11(21)8(4-18)24-5)26-15-13(23)12(22)10(20)7(3-17)25-15;1-6-10(18)15(23-8(4-16)13(6)21-3)24-14-9(5-17)22-7(2)11(19)12(14)20/h8-17,22-28H,4-7H2,1-3H3,(H,29,30)(H,31,32);5,7-15,17-18,20-23H,3-4H2,1-2H3,(H,16,19);6-20H,4-5H2,1-3H3/t8-,9-,10?,11?,12-,13-,14-,15-,16-,17-,20-,21-;5-,7?,8?,9?,10-,11-,12-,13?,14+,15-;6-,7?,8?,9?,10?,11?,12-,13-,14-,15+/m101/s1. The van der Waals surface area contributed by atoms with Crippen molar-refractivity contribution in [1.82, 2.24) is 5.32 Å². The van der Waals surface area contributed by atoms with Crippen molar-refractivity contribution in [2.45, 2.75) is 231 Å². The van der Waals surface area contributed by atoms with Gasteiger partial charge in [-0.25, -0.2) is 9.59 Å². The Hall–Kier alpha value is -2.75. The van der Waals surface area contributed by atoms with Gasteiger partial charge in [0.25, 0.3) is 11.6 Å². The lowest BCUT2D eigenvalue weighted by atomic mass is 9.83. The third-order valence-corrected chi connectivity index (χ3v) is 16.5. The molecule has 504 valence electrons. The van der Waals surface area contributed by atoms with Gasteiger partial charge in [-0.3, -0.25) is 4.79 Å². The number of carboxylic acid groups (broad SMARTS) is 2. The quantitative estimate of drug-likeness (QED) is 0.0507. The van der Waals surface area contributed by atoms with Crippen molar-refractivity contribution in [2.75, 3.05) is 53.9 Å². The number of hydrogen-bond donors (Lipinski definition) is 21. The van der Waals surface area contributed by atoms with Crippen molar-refractivity contribution >= 4 is 17.8 Å². The second kappa shape index (κ2) is 33.0. The molecule has 86 heavy (non-hydrogen) atoms. The summed E-state index contributed by atoms with van der Waals surface area (Å²) in [6.45, 7) is 5.18. The molecule has 0 spiro atoms. The summed E-state index contributed by atoms with van der Waals surface area (Å²) >= 11 is 0. The summed E-state index contributed by atoms with van der Waals surface area (Å²) in [5.74, 6) is -11.1. The minimum Gasteiger partial charge on any atom is -0.477 e. The number of aliphatic hydroxyl groups excluding tert-OH is 18. The molecule has 0 aromatic heterocycles. The van der Waals surface area contributed by atoms with Crippen molar-refractivity contribution in [2.24, 2.45) is 17.8 Å². The Morgan fingerprint density at radius 3 is 1.48 bits per heavy atom. The van der Waals surface area contributed by atoms with Crippen molar-refractivity contribution in [3.63, 3.8) is 0 Å². The first-order chi connectivity index (χ1) is 40.2. The molecule has 1 amide bonds. The average molecular weight is 1260 g/mol. The van der Waals surface area contributed by atoms with E-state index in [1.165, 1.54) is 27.9 Å². The van der Waals surface area contributed by atoms with Crippen molar-refractivity contribution in [3.8, 4) is 0 Å². The number of carbonyl (C=O) groups excluding carboxylic acids is 1. The average Bonchev–Trinajstić information content (AvgIpc) is 1.24. The molecule has 0 radical (unpaired) electrons. The zero-order valence-electron chi connectivity index (χ0n) is 48.6. The molecule has 6 saturated heterocycles. The maximum absolute atomic E-state index is 12.3. The lowest BCUT2D eigenvalue weighted by Crippen LogP contribution is -2.67. The third kappa shape index (κ3) is 17.0. The van der Waals surface area contributed by atoms with E-state index in [1.807, 2.05) is 0 Å². The van der Waals surface area contributed by atoms with E-state index in [-0.39, 0.29) is 6.61 Å². The minimum absolute atomic E-state index is 0.331. The highest BCUT2D eigenvalue weighted by Crippen LogP contribution is 2.41. The molecule has 0 bridgehead atoms. The second-order valence-corrected chi connectivity index (χ2v) is 22.3. The van der Waals surface area contributed by atoms with Gasteiger partial charge in [0.1, 0.15) is 104 Å². The Kier molecular flexibility index (Phi) is 29.1. The maximum Gasteiger partial charge on any atom is 0.364 e. The van der Waals surface area contributed by atoms with E-state index >= 15 is 0 Å². The van der Waals surface area contributed by atoms with Crippen LogP contribution in [0, 0.1) is 17.8 Å². The first kappa shape index (κ1) is 75.7. The Bertz CT molecular complexity index is 2070. The molecule has 6 aliphatic rings. The summed E-state index contributed by atoms with van der Waals surface area (Å²) in [5.41, 5.74) is 0. The Labute approximate surface area is 493 Å². The van der Waals surface area contributed by atoms with Gasteiger partial charge >= 0.3 is 11.9 Å². The lowest BCUT2D eigenvalue weighted by Gasteiger charge is -2.48. The topological polar surface area (TPSA) is 569 Å². The number of aliphatic carboxylic acids is 2. The fraction of sp³-hybridized carbons (Fsp3) is 0.941. The van der Waals surface area contributed by atoms with Crippen molar-refractivity contribution in [1.29, 1.82) is 0 Å².